The summed E-state index contributed by atoms with van der Waals surface area (Å²) in [6, 6.07) is 5.19. The molecule has 4 saturated carbocycles. The van der Waals surface area contributed by atoms with Gasteiger partial charge in [0.25, 0.3) is 5.91 Å². The van der Waals surface area contributed by atoms with Gasteiger partial charge in [0.05, 0.1) is 6.42 Å². The molecular weight excluding hydrogens is 397 g/mol. The summed E-state index contributed by atoms with van der Waals surface area (Å²) in [5, 5.41) is 3.95. The number of nitrogens with one attached hydrogen (secondary N) is 1. The number of amides is 1. The van der Waals surface area contributed by atoms with Gasteiger partial charge in [0.1, 0.15) is 0 Å². The standard InChI is InChI=1S/C22H27Cl2NO3/c1-13(22-9-14-5-15(10-22)7-16(6-14)11-22)25-20(26)12-28-21(27)8-17-18(23)3-2-4-19(17)24/h2-4,13-16H,5-12H2,1H3,(H,25,26)/t13-,14?,15?,16?,22?/m1/s1. The van der Waals surface area contributed by atoms with Crippen molar-refractivity contribution < 1.29 is 14.3 Å². The average molecular weight is 424 g/mol. The fourth-order valence-corrected chi connectivity index (χ4v) is 6.72. The Kier molecular flexibility index (Phi) is 5.63. The van der Waals surface area contributed by atoms with Gasteiger partial charge in [0.2, 0.25) is 0 Å². The second kappa shape index (κ2) is 7.87. The largest absolute Gasteiger partial charge is 0.455 e. The summed E-state index contributed by atoms with van der Waals surface area (Å²) in [7, 11) is 0. The molecule has 1 aromatic carbocycles. The summed E-state index contributed by atoms with van der Waals surface area (Å²) in [5.41, 5.74) is 0.762. The summed E-state index contributed by atoms with van der Waals surface area (Å²) in [4.78, 5) is 24.5. The molecule has 5 rings (SSSR count). The summed E-state index contributed by atoms with van der Waals surface area (Å²) in [6.45, 7) is 1.86. The highest BCUT2D eigenvalue weighted by Crippen LogP contribution is 2.61. The third-order valence-electron chi connectivity index (χ3n) is 7.13. The van der Waals surface area contributed by atoms with E-state index < -0.39 is 5.97 Å². The van der Waals surface area contributed by atoms with Crippen LogP contribution in [0.15, 0.2) is 18.2 Å². The molecule has 4 bridgehead atoms. The third kappa shape index (κ3) is 4.04. The van der Waals surface area contributed by atoms with Gasteiger partial charge in [-0.05, 0) is 80.8 Å². The van der Waals surface area contributed by atoms with Gasteiger partial charge in [0.15, 0.2) is 6.61 Å². The van der Waals surface area contributed by atoms with Crippen LogP contribution in [0.3, 0.4) is 0 Å². The molecule has 0 radical (unpaired) electrons. The molecule has 1 amide bonds. The Morgan fingerprint density at radius 2 is 1.64 bits per heavy atom. The van der Waals surface area contributed by atoms with Gasteiger partial charge >= 0.3 is 5.97 Å². The SMILES string of the molecule is C[C@@H](NC(=O)COC(=O)Cc1c(Cl)cccc1Cl)C12CC3CC(CC(C3)C1)C2. The van der Waals surface area contributed by atoms with E-state index in [2.05, 4.69) is 12.2 Å². The second-order valence-corrected chi connectivity index (χ2v) is 9.92. The van der Waals surface area contributed by atoms with Crippen molar-refractivity contribution in [3.8, 4) is 0 Å². The van der Waals surface area contributed by atoms with Crippen molar-refractivity contribution in [3.05, 3.63) is 33.8 Å². The zero-order valence-corrected chi connectivity index (χ0v) is 17.7. The van der Waals surface area contributed by atoms with Crippen LogP contribution in [0.25, 0.3) is 0 Å². The van der Waals surface area contributed by atoms with Crippen LogP contribution in [0.4, 0.5) is 0 Å². The van der Waals surface area contributed by atoms with Crippen LogP contribution >= 0.6 is 23.2 Å². The predicted octanol–water partition coefficient (Wildman–Crippen LogP) is 4.80. The molecule has 0 spiro atoms. The number of esters is 1. The fraction of sp³-hybridized carbons (Fsp3) is 0.636. The van der Waals surface area contributed by atoms with Crippen LogP contribution in [0.2, 0.25) is 10.0 Å². The van der Waals surface area contributed by atoms with Gasteiger partial charge in [-0.25, -0.2) is 0 Å². The van der Waals surface area contributed by atoms with Gasteiger partial charge in [0, 0.05) is 21.7 Å². The molecule has 28 heavy (non-hydrogen) atoms. The zero-order chi connectivity index (χ0) is 19.9. The maximum absolute atomic E-state index is 12.4. The van der Waals surface area contributed by atoms with Crippen LogP contribution in [-0.2, 0) is 20.7 Å². The van der Waals surface area contributed by atoms with Crippen molar-refractivity contribution in [1.29, 1.82) is 0 Å². The van der Waals surface area contributed by atoms with Crippen LogP contribution in [0, 0.1) is 23.2 Å². The van der Waals surface area contributed by atoms with Crippen LogP contribution in [0.1, 0.15) is 51.0 Å². The lowest BCUT2D eigenvalue weighted by atomic mass is 9.48. The van der Waals surface area contributed by atoms with Gasteiger partial charge in [-0.3, -0.25) is 9.59 Å². The van der Waals surface area contributed by atoms with E-state index in [0.717, 1.165) is 17.8 Å². The molecule has 1 atom stereocenters. The Balaban J connectivity index is 1.28. The molecule has 6 heteroatoms. The molecule has 1 aromatic rings. The minimum absolute atomic E-state index is 0.0453. The van der Waals surface area contributed by atoms with E-state index in [9.17, 15) is 9.59 Å². The first-order valence-electron chi connectivity index (χ1n) is 10.2. The summed E-state index contributed by atoms with van der Waals surface area (Å²) < 4.78 is 5.17. The molecule has 4 fully saturated rings. The molecule has 0 saturated heterocycles. The third-order valence-corrected chi connectivity index (χ3v) is 7.84. The highest BCUT2D eigenvalue weighted by Gasteiger charge is 2.53. The molecule has 0 aliphatic heterocycles. The minimum Gasteiger partial charge on any atom is -0.455 e. The summed E-state index contributed by atoms with van der Waals surface area (Å²) in [5.74, 6) is 1.77. The van der Waals surface area contributed by atoms with Crippen molar-refractivity contribution in [3.63, 3.8) is 0 Å². The number of benzene rings is 1. The predicted molar refractivity (Wildman–Crippen MR) is 109 cm³/mol. The maximum atomic E-state index is 12.4. The van der Waals surface area contributed by atoms with E-state index in [1.807, 2.05) is 0 Å². The molecule has 4 aliphatic carbocycles. The Hall–Kier alpha value is -1.26. The molecule has 0 unspecified atom stereocenters. The Labute approximate surface area is 176 Å². The van der Waals surface area contributed by atoms with E-state index in [-0.39, 0.29) is 30.4 Å². The Morgan fingerprint density at radius 1 is 1.11 bits per heavy atom. The van der Waals surface area contributed by atoms with E-state index in [4.69, 9.17) is 27.9 Å². The number of carbonyl (C=O) groups excluding carboxylic acids is 2. The smallest absolute Gasteiger partial charge is 0.310 e. The number of ether oxygens (including phenoxy) is 1. The normalized spacial score (nSPS) is 31.5. The van der Waals surface area contributed by atoms with Crippen LogP contribution in [-0.4, -0.2) is 24.5 Å². The number of hydrogen-bond acceptors (Lipinski definition) is 3. The first-order valence-corrected chi connectivity index (χ1v) is 11.0. The number of hydrogen-bond donors (Lipinski definition) is 1. The minimum atomic E-state index is -0.507. The first-order chi connectivity index (χ1) is 13.3. The van der Waals surface area contributed by atoms with Crippen molar-refractivity contribution in [2.75, 3.05) is 6.61 Å². The van der Waals surface area contributed by atoms with Crippen molar-refractivity contribution in [2.45, 2.75) is 57.9 Å². The summed E-state index contributed by atoms with van der Waals surface area (Å²) in [6.07, 6.45) is 7.77. The van der Waals surface area contributed by atoms with Crippen molar-refractivity contribution in [1.82, 2.24) is 5.32 Å². The lowest BCUT2D eigenvalue weighted by Gasteiger charge is -2.59. The number of rotatable bonds is 6. The molecular formula is C22H27Cl2NO3. The summed E-state index contributed by atoms with van der Waals surface area (Å²) >= 11 is 12.2. The van der Waals surface area contributed by atoms with Gasteiger partial charge in [-0.2, -0.15) is 0 Å². The first kappa shape index (κ1) is 20.0. The van der Waals surface area contributed by atoms with Gasteiger partial charge in [-0.1, -0.05) is 29.3 Å². The fourth-order valence-electron chi connectivity index (χ4n) is 6.19. The van der Waals surface area contributed by atoms with E-state index in [1.54, 1.807) is 18.2 Å². The molecule has 4 aliphatic rings. The van der Waals surface area contributed by atoms with Crippen molar-refractivity contribution in [2.24, 2.45) is 23.2 Å². The van der Waals surface area contributed by atoms with Gasteiger partial charge in [-0.15, -0.1) is 0 Å². The Morgan fingerprint density at radius 3 is 2.18 bits per heavy atom. The van der Waals surface area contributed by atoms with Crippen LogP contribution in [0.5, 0.6) is 0 Å². The highest BCUT2D eigenvalue weighted by atomic mass is 35.5. The molecule has 0 aromatic heterocycles. The van der Waals surface area contributed by atoms with E-state index in [1.165, 1.54) is 38.5 Å². The second-order valence-electron chi connectivity index (χ2n) is 9.11. The van der Waals surface area contributed by atoms with E-state index in [0.29, 0.717) is 15.6 Å². The van der Waals surface area contributed by atoms with E-state index >= 15 is 0 Å². The zero-order valence-electron chi connectivity index (χ0n) is 16.2. The monoisotopic (exact) mass is 423 g/mol. The quantitative estimate of drug-likeness (QED) is 0.668. The Bertz CT molecular complexity index is 724. The van der Waals surface area contributed by atoms with Crippen LogP contribution < -0.4 is 5.32 Å². The lowest BCUT2D eigenvalue weighted by molar-refractivity contribution is -0.148. The molecule has 0 heterocycles. The lowest BCUT2D eigenvalue weighted by Crippen LogP contribution is -2.56. The number of halogens is 2. The molecule has 4 nitrogen and oxygen atoms in total. The highest BCUT2D eigenvalue weighted by molar-refractivity contribution is 6.36. The number of carbonyl (C=O) groups is 2. The maximum Gasteiger partial charge on any atom is 0.310 e. The van der Waals surface area contributed by atoms with Gasteiger partial charge < -0.3 is 10.1 Å². The molecule has 1 N–H and O–H groups in total. The van der Waals surface area contributed by atoms with Crippen molar-refractivity contribution >= 4 is 35.1 Å². The average Bonchev–Trinajstić information content (AvgIpc) is 2.62. The topological polar surface area (TPSA) is 55.4 Å². The molecule has 152 valence electrons.